The Balaban J connectivity index is 1.46. The highest BCUT2D eigenvalue weighted by Crippen LogP contribution is 2.42. The first-order valence-electron chi connectivity index (χ1n) is 13.8. The molecule has 1 saturated heterocycles. The molecule has 0 spiro atoms. The number of carbonyl (C=O) groups excluding carboxylic acids is 1. The zero-order chi connectivity index (χ0) is 27.8. The predicted octanol–water partition coefficient (Wildman–Crippen LogP) is 4.53. The molecule has 1 amide bonds. The second kappa shape index (κ2) is 11.2. The molecule has 2 aliphatic heterocycles. The van der Waals surface area contributed by atoms with E-state index in [1.54, 1.807) is 18.5 Å². The topological polar surface area (TPSA) is 120 Å². The second-order valence-electron chi connectivity index (χ2n) is 10.9. The molecule has 3 aliphatic rings. The van der Waals surface area contributed by atoms with Crippen LogP contribution in [0.15, 0.2) is 42.7 Å². The van der Waals surface area contributed by atoms with Crippen LogP contribution in [0.3, 0.4) is 0 Å². The summed E-state index contributed by atoms with van der Waals surface area (Å²) in [7, 11) is 0. The van der Waals surface area contributed by atoms with E-state index in [1.807, 2.05) is 6.07 Å². The molecule has 4 atom stereocenters. The minimum atomic E-state index is -0.775. The van der Waals surface area contributed by atoms with Crippen molar-refractivity contribution in [3.63, 3.8) is 0 Å². The molecule has 3 aromatic rings. The summed E-state index contributed by atoms with van der Waals surface area (Å²) in [5.41, 5.74) is 7.94. The normalized spacial score (nSPS) is 25.4. The van der Waals surface area contributed by atoms with Gasteiger partial charge in [0, 0.05) is 25.5 Å². The lowest BCUT2D eigenvalue weighted by Gasteiger charge is -2.38. The van der Waals surface area contributed by atoms with Crippen LogP contribution in [0.25, 0.3) is 11.3 Å². The molecule has 2 fully saturated rings. The lowest BCUT2D eigenvalue weighted by Crippen LogP contribution is -2.46. The number of nitrogens with two attached hydrogens (primary N) is 1. The first-order valence-corrected chi connectivity index (χ1v) is 13.8. The van der Waals surface area contributed by atoms with Gasteiger partial charge in [-0.15, -0.1) is 0 Å². The van der Waals surface area contributed by atoms with Gasteiger partial charge in [0.25, 0.3) is 5.91 Å². The average Bonchev–Trinajstić information content (AvgIpc) is 2.96. The maximum Gasteiger partial charge on any atom is 0.274 e. The van der Waals surface area contributed by atoms with E-state index in [2.05, 4.69) is 15.3 Å². The van der Waals surface area contributed by atoms with E-state index in [0.29, 0.717) is 38.2 Å². The number of carbonyl (C=O) groups is 1. The van der Waals surface area contributed by atoms with Crippen LogP contribution in [0.2, 0.25) is 0 Å². The van der Waals surface area contributed by atoms with E-state index in [0.717, 1.165) is 30.0 Å². The summed E-state index contributed by atoms with van der Waals surface area (Å²) in [6, 6.07) is 6.89. The number of fused-ring (bicyclic) bond motifs is 8. The lowest BCUT2D eigenvalue weighted by molar-refractivity contribution is 0.0328. The predicted molar refractivity (Wildman–Crippen MR) is 144 cm³/mol. The number of pyridine rings is 2. The second-order valence-corrected chi connectivity index (χ2v) is 10.9. The third-order valence-corrected chi connectivity index (χ3v) is 8.44. The number of hydrogen-bond donors (Lipinski definition) is 3. The first kappa shape index (κ1) is 26.7. The van der Waals surface area contributed by atoms with Gasteiger partial charge in [-0.2, -0.15) is 0 Å². The Morgan fingerprint density at radius 1 is 1.00 bits per heavy atom. The number of halogens is 2. The molecule has 10 heteroatoms. The van der Waals surface area contributed by atoms with E-state index in [9.17, 15) is 9.90 Å². The van der Waals surface area contributed by atoms with Crippen LogP contribution in [-0.4, -0.2) is 52.9 Å². The van der Waals surface area contributed by atoms with Crippen molar-refractivity contribution in [3.8, 4) is 17.0 Å². The van der Waals surface area contributed by atoms with Gasteiger partial charge < -0.3 is 25.6 Å². The zero-order valence-electron chi connectivity index (χ0n) is 22.0. The molecule has 4 unspecified atom stereocenters. The molecule has 40 heavy (non-hydrogen) atoms. The molecule has 1 aromatic carbocycles. The minimum Gasteiger partial charge on any atom is -0.493 e. The highest BCUT2D eigenvalue weighted by molar-refractivity contribution is 6.03. The molecule has 2 aromatic heterocycles. The van der Waals surface area contributed by atoms with Crippen LogP contribution < -0.4 is 15.8 Å². The number of aromatic nitrogens is 2. The largest absolute Gasteiger partial charge is 0.493 e. The van der Waals surface area contributed by atoms with Crippen LogP contribution >= 0.6 is 0 Å². The minimum absolute atomic E-state index is 0.0339. The molecule has 8 nitrogen and oxygen atoms in total. The van der Waals surface area contributed by atoms with Crippen molar-refractivity contribution in [2.24, 2.45) is 11.7 Å². The number of aliphatic hydroxyl groups excluding tert-OH is 1. The zero-order valence-corrected chi connectivity index (χ0v) is 22.0. The number of nitrogens with zero attached hydrogens (tertiary/aromatic N) is 2. The number of amides is 1. The molecule has 4 N–H and O–H groups in total. The molecule has 6 rings (SSSR count). The first-order chi connectivity index (χ1) is 19.4. The summed E-state index contributed by atoms with van der Waals surface area (Å²) < 4.78 is 42.7. The van der Waals surface area contributed by atoms with Gasteiger partial charge in [-0.1, -0.05) is 0 Å². The number of benzene rings is 1. The molecule has 0 radical (unpaired) electrons. The lowest BCUT2D eigenvalue weighted by atomic mass is 9.73. The molecule has 210 valence electrons. The Labute approximate surface area is 230 Å². The van der Waals surface area contributed by atoms with E-state index in [4.69, 9.17) is 15.2 Å². The number of ether oxygens (including phenoxy) is 2. The third-order valence-electron chi connectivity index (χ3n) is 8.44. The molecular weight excluding hydrogens is 518 g/mol. The molecule has 4 heterocycles. The quantitative estimate of drug-likeness (QED) is 0.407. The van der Waals surface area contributed by atoms with Gasteiger partial charge in [0.2, 0.25) is 0 Å². The van der Waals surface area contributed by atoms with E-state index >= 15 is 8.78 Å². The van der Waals surface area contributed by atoms with Gasteiger partial charge in [-0.3, -0.25) is 9.78 Å². The summed E-state index contributed by atoms with van der Waals surface area (Å²) in [5.74, 6) is -2.03. The molecule has 1 aliphatic carbocycles. The Bertz CT molecular complexity index is 1410. The van der Waals surface area contributed by atoms with Crippen LogP contribution in [0.4, 0.5) is 14.5 Å². The summed E-state index contributed by atoms with van der Waals surface area (Å²) >= 11 is 0. The van der Waals surface area contributed by atoms with Crippen molar-refractivity contribution in [1.82, 2.24) is 9.97 Å². The van der Waals surface area contributed by atoms with Crippen molar-refractivity contribution >= 4 is 11.6 Å². The number of rotatable bonds is 1. The fraction of sp³-hybridized carbons (Fsp3) is 0.433. The molecule has 1 saturated carbocycles. The van der Waals surface area contributed by atoms with Crippen molar-refractivity contribution in [3.05, 3.63) is 71.2 Å². The Kier molecular flexibility index (Phi) is 7.48. The van der Waals surface area contributed by atoms with Crippen molar-refractivity contribution in [1.29, 1.82) is 0 Å². The van der Waals surface area contributed by atoms with Gasteiger partial charge in [0.15, 0.2) is 0 Å². The summed E-state index contributed by atoms with van der Waals surface area (Å²) in [4.78, 5) is 21.7. The SMILES string of the molecule is NC1CC2CC(CCOc3cc(C4CCOCC4)cc(F)c3-c3nc(ccc3F)C(=O)Nc3cnccc32)C1O. The Morgan fingerprint density at radius 2 is 1.82 bits per heavy atom. The van der Waals surface area contributed by atoms with Gasteiger partial charge in [-0.25, -0.2) is 13.8 Å². The summed E-state index contributed by atoms with van der Waals surface area (Å²) in [6.45, 7) is 1.32. The van der Waals surface area contributed by atoms with E-state index < -0.39 is 29.7 Å². The summed E-state index contributed by atoms with van der Waals surface area (Å²) in [6.07, 6.45) is 5.55. The van der Waals surface area contributed by atoms with Gasteiger partial charge in [0.1, 0.15) is 28.8 Å². The molecular formula is C30H32F2N4O4. The summed E-state index contributed by atoms with van der Waals surface area (Å²) in [5, 5.41) is 13.8. The van der Waals surface area contributed by atoms with Gasteiger partial charge >= 0.3 is 0 Å². The Hall–Kier alpha value is -3.47. The number of anilines is 1. The Morgan fingerprint density at radius 3 is 2.65 bits per heavy atom. The third kappa shape index (κ3) is 5.18. The number of nitrogens with one attached hydrogen (secondary N) is 1. The average molecular weight is 551 g/mol. The van der Waals surface area contributed by atoms with Crippen LogP contribution in [0, 0.1) is 17.6 Å². The fourth-order valence-electron chi connectivity index (χ4n) is 6.29. The van der Waals surface area contributed by atoms with Crippen molar-refractivity contribution in [2.45, 2.75) is 56.1 Å². The van der Waals surface area contributed by atoms with Crippen molar-refractivity contribution in [2.75, 3.05) is 25.1 Å². The smallest absolute Gasteiger partial charge is 0.274 e. The maximum atomic E-state index is 15.8. The van der Waals surface area contributed by atoms with Crippen LogP contribution in [0.1, 0.15) is 65.6 Å². The monoisotopic (exact) mass is 550 g/mol. The van der Waals surface area contributed by atoms with Gasteiger partial charge in [-0.05, 0) is 91.3 Å². The van der Waals surface area contributed by atoms with Crippen molar-refractivity contribution < 1.29 is 28.2 Å². The number of aliphatic hydroxyl groups is 1. The van der Waals surface area contributed by atoms with Crippen LogP contribution in [-0.2, 0) is 4.74 Å². The highest BCUT2D eigenvalue weighted by Gasteiger charge is 2.36. The maximum absolute atomic E-state index is 15.8. The van der Waals surface area contributed by atoms with Gasteiger partial charge in [0.05, 0.1) is 30.2 Å². The van der Waals surface area contributed by atoms with Crippen LogP contribution in [0.5, 0.6) is 5.75 Å². The number of hydrogen-bond acceptors (Lipinski definition) is 7. The highest BCUT2D eigenvalue weighted by atomic mass is 19.1. The molecule has 4 bridgehead atoms. The van der Waals surface area contributed by atoms with E-state index in [-0.39, 0.29) is 47.1 Å². The standard InChI is InChI=1S/C30H32F2N4O4/c31-21-1-2-24-30(38)36-25-15-34-7-3-20(25)19-11-17(29(37)23(33)13-19)6-10-40-26-14-18(16-4-8-39-9-5-16)12-22(32)27(26)28(21)35-24/h1-3,7,12,14-17,19,23,29,37H,4-6,8-11,13,33H2,(H,36,38). The fourth-order valence-corrected chi connectivity index (χ4v) is 6.29. The van der Waals surface area contributed by atoms with E-state index in [1.165, 1.54) is 12.1 Å².